The zero-order valence-corrected chi connectivity index (χ0v) is 14.4. The average molecular weight is 347 g/mol. The van der Waals surface area contributed by atoms with Crippen LogP contribution in [0.1, 0.15) is 22.5 Å². The maximum absolute atomic E-state index is 12.5. The van der Waals surface area contributed by atoms with Crippen LogP contribution >= 0.6 is 22.9 Å². The van der Waals surface area contributed by atoms with Crippen LogP contribution in [0.4, 0.5) is 0 Å². The molecule has 3 nitrogen and oxygen atoms in total. The van der Waals surface area contributed by atoms with Crippen molar-refractivity contribution in [2.75, 3.05) is 19.6 Å². The zero-order valence-electron chi connectivity index (χ0n) is 12.8. The number of fused-ring (bicyclic) bond motifs is 3. The molecule has 0 unspecified atom stereocenters. The second kappa shape index (κ2) is 6.27. The number of piperidine rings is 3. The Morgan fingerprint density at radius 1 is 1.13 bits per heavy atom. The van der Waals surface area contributed by atoms with Gasteiger partial charge in [-0.2, -0.15) is 0 Å². The van der Waals surface area contributed by atoms with Crippen LogP contribution < -0.4 is 5.32 Å². The molecule has 0 radical (unpaired) electrons. The van der Waals surface area contributed by atoms with Crippen molar-refractivity contribution in [3.8, 4) is 10.4 Å². The van der Waals surface area contributed by atoms with Gasteiger partial charge in [-0.1, -0.05) is 23.7 Å². The van der Waals surface area contributed by atoms with Gasteiger partial charge in [0.05, 0.1) is 4.88 Å². The van der Waals surface area contributed by atoms with Crippen molar-refractivity contribution in [2.24, 2.45) is 5.92 Å². The van der Waals surface area contributed by atoms with Gasteiger partial charge < -0.3 is 10.2 Å². The summed E-state index contributed by atoms with van der Waals surface area (Å²) in [6, 6.07) is 12.0. The van der Waals surface area contributed by atoms with E-state index in [-0.39, 0.29) is 5.91 Å². The predicted octanol–water partition coefficient (Wildman–Crippen LogP) is 3.89. The Hall–Kier alpha value is -1.36. The molecule has 5 heteroatoms. The molecule has 1 atom stereocenters. The van der Waals surface area contributed by atoms with Crippen LogP contribution in [0.3, 0.4) is 0 Å². The van der Waals surface area contributed by atoms with Crippen LogP contribution in [-0.4, -0.2) is 36.5 Å². The lowest BCUT2D eigenvalue weighted by Crippen LogP contribution is -2.57. The molecule has 0 saturated carbocycles. The van der Waals surface area contributed by atoms with Crippen molar-refractivity contribution >= 4 is 28.8 Å². The van der Waals surface area contributed by atoms with E-state index in [9.17, 15) is 4.79 Å². The maximum Gasteiger partial charge on any atom is 0.261 e. The number of thiophene rings is 1. The minimum absolute atomic E-state index is 0.0639. The lowest BCUT2D eigenvalue weighted by molar-refractivity contribution is 0.0622. The van der Waals surface area contributed by atoms with Gasteiger partial charge in [0.1, 0.15) is 0 Å². The smallest absolute Gasteiger partial charge is 0.261 e. The van der Waals surface area contributed by atoms with Gasteiger partial charge in [-0.05, 0) is 61.7 Å². The van der Waals surface area contributed by atoms with E-state index in [1.54, 1.807) is 0 Å². The number of carbonyl (C=O) groups is 1. The first-order chi connectivity index (χ1) is 11.2. The van der Waals surface area contributed by atoms with E-state index in [1.807, 2.05) is 36.4 Å². The molecule has 3 saturated heterocycles. The molecule has 2 bridgehead atoms. The van der Waals surface area contributed by atoms with Crippen LogP contribution in [0.2, 0.25) is 5.02 Å². The fourth-order valence-electron chi connectivity index (χ4n) is 3.60. The first kappa shape index (κ1) is 15.2. The molecule has 0 aliphatic carbocycles. The summed E-state index contributed by atoms with van der Waals surface area (Å²) in [6.45, 7) is 3.39. The minimum atomic E-state index is 0.0639. The number of benzene rings is 1. The first-order valence-corrected chi connectivity index (χ1v) is 9.27. The number of nitrogens with one attached hydrogen (secondary N) is 1. The molecule has 5 rings (SSSR count). The molecular formula is C18H19ClN2OS. The van der Waals surface area contributed by atoms with Crippen molar-refractivity contribution in [2.45, 2.75) is 18.9 Å². The molecule has 4 heterocycles. The molecule has 0 spiro atoms. The van der Waals surface area contributed by atoms with Crippen LogP contribution in [0, 0.1) is 5.92 Å². The Labute approximate surface area is 145 Å². The Morgan fingerprint density at radius 2 is 1.87 bits per heavy atom. The Morgan fingerprint density at radius 3 is 2.52 bits per heavy atom. The highest BCUT2D eigenvalue weighted by Crippen LogP contribution is 2.30. The number of carbonyl (C=O) groups excluding carboxylic acids is 1. The third-order valence-corrected chi connectivity index (χ3v) is 6.32. The van der Waals surface area contributed by atoms with Crippen molar-refractivity contribution in [1.82, 2.24) is 10.2 Å². The number of rotatable bonds is 3. The van der Waals surface area contributed by atoms with E-state index < -0.39 is 0 Å². The second-order valence-corrected chi connectivity index (χ2v) is 7.91. The second-order valence-electron chi connectivity index (χ2n) is 6.39. The molecule has 1 aromatic carbocycles. The predicted molar refractivity (Wildman–Crippen MR) is 95.2 cm³/mol. The molecule has 3 aliphatic rings. The molecule has 2 aromatic rings. The highest BCUT2D eigenvalue weighted by Gasteiger charge is 2.35. The Bertz CT molecular complexity index is 704. The summed E-state index contributed by atoms with van der Waals surface area (Å²) in [4.78, 5) is 16.9. The molecular weight excluding hydrogens is 328 g/mol. The van der Waals surface area contributed by atoms with Gasteiger partial charge in [-0.3, -0.25) is 4.79 Å². The Balaban J connectivity index is 1.46. The third kappa shape index (κ3) is 3.16. The SMILES string of the molecule is O=C(N[C@H]1CN2CCC1CC2)c1ccc(-c2ccc(Cl)cc2)s1. The third-order valence-electron chi connectivity index (χ3n) is 4.93. The van der Waals surface area contributed by atoms with E-state index in [1.165, 1.54) is 37.3 Å². The van der Waals surface area contributed by atoms with Crippen LogP contribution in [0.15, 0.2) is 36.4 Å². The van der Waals surface area contributed by atoms with E-state index in [0.29, 0.717) is 12.0 Å². The van der Waals surface area contributed by atoms with E-state index in [0.717, 1.165) is 26.9 Å². The lowest BCUT2D eigenvalue weighted by atomic mass is 9.84. The quantitative estimate of drug-likeness (QED) is 0.914. The molecule has 1 amide bonds. The number of hydrogen-bond acceptors (Lipinski definition) is 3. The van der Waals surface area contributed by atoms with Gasteiger partial charge in [-0.15, -0.1) is 11.3 Å². The molecule has 3 fully saturated rings. The van der Waals surface area contributed by atoms with Gasteiger partial charge in [0.2, 0.25) is 0 Å². The van der Waals surface area contributed by atoms with Crippen LogP contribution in [0.25, 0.3) is 10.4 Å². The molecule has 1 aromatic heterocycles. The van der Waals surface area contributed by atoms with Crippen molar-refractivity contribution < 1.29 is 4.79 Å². The van der Waals surface area contributed by atoms with Crippen LogP contribution in [0.5, 0.6) is 0 Å². The molecule has 3 aliphatic heterocycles. The average Bonchev–Trinajstić information content (AvgIpc) is 3.07. The summed E-state index contributed by atoms with van der Waals surface area (Å²) in [5.41, 5.74) is 1.10. The summed E-state index contributed by atoms with van der Waals surface area (Å²) >= 11 is 7.47. The van der Waals surface area contributed by atoms with Gasteiger partial charge in [-0.25, -0.2) is 0 Å². The van der Waals surface area contributed by atoms with E-state index in [2.05, 4.69) is 10.2 Å². The highest BCUT2D eigenvalue weighted by molar-refractivity contribution is 7.17. The summed E-state index contributed by atoms with van der Waals surface area (Å²) in [5.74, 6) is 0.716. The number of nitrogens with zero attached hydrogens (tertiary/aromatic N) is 1. The van der Waals surface area contributed by atoms with E-state index in [4.69, 9.17) is 11.6 Å². The highest BCUT2D eigenvalue weighted by atomic mass is 35.5. The van der Waals surface area contributed by atoms with E-state index >= 15 is 0 Å². The van der Waals surface area contributed by atoms with Gasteiger partial charge in [0.25, 0.3) is 5.91 Å². The standard InChI is InChI=1S/C18H19ClN2OS/c19-14-3-1-13(2-4-14)16-5-6-17(23-16)18(22)20-15-11-21-9-7-12(15)8-10-21/h1-6,12,15H,7-11H2,(H,20,22)/t15-/m0/s1. The van der Waals surface area contributed by atoms with Gasteiger partial charge in [0, 0.05) is 22.5 Å². The lowest BCUT2D eigenvalue weighted by Gasteiger charge is -2.44. The largest absolute Gasteiger partial charge is 0.347 e. The monoisotopic (exact) mass is 346 g/mol. The summed E-state index contributed by atoms with van der Waals surface area (Å²) < 4.78 is 0. The summed E-state index contributed by atoms with van der Waals surface area (Å²) in [6.07, 6.45) is 2.43. The van der Waals surface area contributed by atoms with Crippen LogP contribution in [-0.2, 0) is 0 Å². The zero-order chi connectivity index (χ0) is 15.8. The minimum Gasteiger partial charge on any atom is -0.347 e. The fourth-order valence-corrected chi connectivity index (χ4v) is 4.64. The summed E-state index contributed by atoms with van der Waals surface area (Å²) in [7, 11) is 0. The maximum atomic E-state index is 12.5. The molecule has 1 N–H and O–H groups in total. The summed E-state index contributed by atoms with van der Waals surface area (Å²) in [5, 5.41) is 3.98. The van der Waals surface area contributed by atoms with Crippen molar-refractivity contribution in [1.29, 1.82) is 0 Å². The number of hydrogen-bond donors (Lipinski definition) is 1. The molecule has 23 heavy (non-hydrogen) atoms. The van der Waals surface area contributed by atoms with Crippen molar-refractivity contribution in [3.05, 3.63) is 46.3 Å². The topological polar surface area (TPSA) is 32.3 Å². The van der Waals surface area contributed by atoms with Crippen molar-refractivity contribution in [3.63, 3.8) is 0 Å². The molecule has 120 valence electrons. The van der Waals surface area contributed by atoms with Gasteiger partial charge >= 0.3 is 0 Å². The fraction of sp³-hybridized carbons (Fsp3) is 0.389. The number of halogens is 1. The Kier molecular flexibility index (Phi) is 4.14. The normalized spacial score (nSPS) is 26.2. The number of amides is 1. The first-order valence-electron chi connectivity index (χ1n) is 8.08. The van der Waals surface area contributed by atoms with Gasteiger partial charge in [0.15, 0.2) is 0 Å².